The predicted molar refractivity (Wildman–Crippen MR) is 76.2 cm³/mol. The molecule has 0 saturated carbocycles. The fraction of sp³-hybridized carbons (Fsp3) is 0.857. The van der Waals surface area contributed by atoms with E-state index in [1.807, 2.05) is 0 Å². The Hall–Kier alpha value is -1.46. The normalized spacial score (nSPS) is 14.3. The van der Waals surface area contributed by atoms with Crippen molar-refractivity contribution in [1.29, 1.82) is 0 Å². The fourth-order valence-electron chi connectivity index (χ4n) is 2.36. The molecule has 6 heteroatoms. The Kier molecular flexibility index (Phi) is 4.89. The molecule has 0 aromatic carbocycles. The smallest absolute Gasteiger partial charge is 0.310 e. The second-order valence-corrected chi connectivity index (χ2v) is 7.52. The number of tetrazole rings is 1. The summed E-state index contributed by atoms with van der Waals surface area (Å²) in [7, 11) is 0. The summed E-state index contributed by atoms with van der Waals surface area (Å²) in [6.07, 6.45) is 1.84. The van der Waals surface area contributed by atoms with Crippen molar-refractivity contribution in [1.82, 2.24) is 20.2 Å². The van der Waals surface area contributed by atoms with Crippen LogP contribution in [0.1, 0.15) is 53.8 Å². The molecule has 1 aromatic heterocycles. The molecule has 1 atom stereocenters. The van der Waals surface area contributed by atoms with Gasteiger partial charge in [-0.3, -0.25) is 4.79 Å². The minimum absolute atomic E-state index is 0.262. The van der Waals surface area contributed by atoms with E-state index < -0.39 is 11.4 Å². The molecule has 0 radical (unpaired) electrons. The second-order valence-electron chi connectivity index (χ2n) is 7.52. The zero-order valence-electron chi connectivity index (χ0n) is 13.3. The van der Waals surface area contributed by atoms with Gasteiger partial charge in [-0.2, -0.15) is 0 Å². The van der Waals surface area contributed by atoms with Crippen molar-refractivity contribution >= 4 is 5.97 Å². The van der Waals surface area contributed by atoms with E-state index in [1.165, 1.54) is 0 Å². The summed E-state index contributed by atoms with van der Waals surface area (Å²) in [4.78, 5) is 11.2. The summed E-state index contributed by atoms with van der Waals surface area (Å²) in [6.45, 7) is 12.4. The molecule has 6 nitrogen and oxygen atoms in total. The molecule has 1 heterocycles. The predicted octanol–water partition coefficient (Wildman–Crippen LogP) is 2.40. The van der Waals surface area contributed by atoms with E-state index in [4.69, 9.17) is 0 Å². The number of aliphatic carboxylic acids is 1. The summed E-state index contributed by atoms with van der Waals surface area (Å²) in [5.41, 5.74) is -0.616. The number of hydrogen-bond acceptors (Lipinski definition) is 4. The van der Waals surface area contributed by atoms with Crippen LogP contribution in [0.2, 0.25) is 0 Å². The fourth-order valence-corrected chi connectivity index (χ4v) is 2.36. The number of aromatic nitrogens is 4. The molecular formula is C14H26N4O2. The van der Waals surface area contributed by atoms with Gasteiger partial charge in [-0.1, -0.05) is 27.7 Å². The monoisotopic (exact) mass is 282 g/mol. The van der Waals surface area contributed by atoms with Crippen molar-refractivity contribution in [3.05, 3.63) is 5.82 Å². The molecule has 0 saturated heterocycles. The first kappa shape index (κ1) is 16.6. The lowest BCUT2D eigenvalue weighted by atomic mass is 9.84. The van der Waals surface area contributed by atoms with E-state index in [0.29, 0.717) is 5.92 Å². The zero-order chi connectivity index (χ0) is 15.6. The number of carboxylic acid groups (broad SMARTS) is 1. The third-order valence-electron chi connectivity index (χ3n) is 3.22. The standard InChI is InChI=1S/C14H26N4O2/c1-10(8-13(2,3)4)7-11-15-16-17-18(11)9-14(5,6)12(19)20/h10H,7-9H2,1-6H3,(H,19,20). The molecule has 0 aliphatic carbocycles. The minimum Gasteiger partial charge on any atom is -0.481 e. The van der Waals surface area contributed by atoms with Crippen LogP contribution >= 0.6 is 0 Å². The Morgan fingerprint density at radius 3 is 2.40 bits per heavy atom. The summed E-state index contributed by atoms with van der Waals surface area (Å²) in [5.74, 6) is 0.366. The van der Waals surface area contributed by atoms with E-state index in [0.717, 1.165) is 18.7 Å². The Bertz CT molecular complexity index is 460. The molecule has 0 aliphatic heterocycles. The Morgan fingerprint density at radius 2 is 1.90 bits per heavy atom. The lowest BCUT2D eigenvalue weighted by molar-refractivity contribution is -0.147. The van der Waals surface area contributed by atoms with E-state index >= 15 is 0 Å². The molecule has 1 rings (SSSR count). The first-order chi connectivity index (χ1) is 9.01. The molecule has 0 amide bonds. The van der Waals surface area contributed by atoms with Crippen molar-refractivity contribution in [2.24, 2.45) is 16.7 Å². The number of carboxylic acids is 1. The lowest BCUT2D eigenvalue weighted by Gasteiger charge is -2.23. The third kappa shape index (κ3) is 4.90. The summed E-state index contributed by atoms with van der Waals surface area (Å²) in [5, 5.41) is 20.8. The molecule has 0 fully saturated rings. The molecule has 1 N–H and O–H groups in total. The van der Waals surface area contributed by atoms with Crippen LogP contribution in [0.25, 0.3) is 0 Å². The lowest BCUT2D eigenvalue weighted by Crippen LogP contribution is -2.30. The van der Waals surface area contributed by atoms with Gasteiger partial charge in [0.15, 0.2) is 5.82 Å². The van der Waals surface area contributed by atoms with Crippen LogP contribution in [0.15, 0.2) is 0 Å². The van der Waals surface area contributed by atoms with Gasteiger partial charge in [-0.15, -0.1) is 5.10 Å². The van der Waals surface area contributed by atoms with Gasteiger partial charge in [0.1, 0.15) is 0 Å². The van der Waals surface area contributed by atoms with E-state index in [9.17, 15) is 9.90 Å². The average molecular weight is 282 g/mol. The number of carbonyl (C=O) groups is 1. The average Bonchev–Trinajstić information content (AvgIpc) is 2.61. The van der Waals surface area contributed by atoms with Gasteiger partial charge in [0.05, 0.1) is 12.0 Å². The van der Waals surface area contributed by atoms with Gasteiger partial charge < -0.3 is 5.11 Å². The topological polar surface area (TPSA) is 80.9 Å². The maximum Gasteiger partial charge on any atom is 0.310 e. The number of hydrogen-bond donors (Lipinski definition) is 1. The molecule has 20 heavy (non-hydrogen) atoms. The minimum atomic E-state index is -0.878. The highest BCUT2D eigenvalue weighted by Crippen LogP contribution is 2.26. The van der Waals surface area contributed by atoms with Gasteiger partial charge in [-0.05, 0) is 42.0 Å². The van der Waals surface area contributed by atoms with Gasteiger partial charge in [0.2, 0.25) is 0 Å². The molecule has 0 bridgehead atoms. The largest absolute Gasteiger partial charge is 0.481 e. The maximum absolute atomic E-state index is 11.2. The highest BCUT2D eigenvalue weighted by atomic mass is 16.4. The van der Waals surface area contributed by atoms with Crippen LogP contribution in [0.5, 0.6) is 0 Å². The van der Waals surface area contributed by atoms with Crippen LogP contribution in [-0.4, -0.2) is 31.3 Å². The second kappa shape index (κ2) is 5.89. The SMILES string of the molecule is CC(Cc1nnnn1CC(C)(C)C(=O)O)CC(C)(C)C. The Labute approximate surface area is 120 Å². The highest BCUT2D eigenvalue weighted by Gasteiger charge is 2.29. The summed E-state index contributed by atoms with van der Waals surface area (Å²) >= 11 is 0. The highest BCUT2D eigenvalue weighted by molar-refractivity contribution is 5.73. The van der Waals surface area contributed by atoms with Crippen molar-refractivity contribution in [2.75, 3.05) is 0 Å². The van der Waals surface area contributed by atoms with Gasteiger partial charge >= 0.3 is 5.97 Å². The van der Waals surface area contributed by atoms with Gasteiger partial charge in [0.25, 0.3) is 0 Å². The van der Waals surface area contributed by atoms with Crippen LogP contribution in [-0.2, 0) is 17.8 Å². The Balaban J connectivity index is 2.75. The molecule has 1 aromatic rings. The quantitative estimate of drug-likeness (QED) is 0.866. The first-order valence-corrected chi connectivity index (χ1v) is 7.00. The van der Waals surface area contributed by atoms with Crippen molar-refractivity contribution < 1.29 is 9.90 Å². The summed E-state index contributed by atoms with van der Waals surface area (Å²) < 4.78 is 1.62. The molecule has 0 aliphatic rings. The summed E-state index contributed by atoms with van der Waals surface area (Å²) in [6, 6.07) is 0. The van der Waals surface area contributed by atoms with Crippen LogP contribution < -0.4 is 0 Å². The van der Waals surface area contributed by atoms with E-state index in [2.05, 4.69) is 43.2 Å². The van der Waals surface area contributed by atoms with E-state index in [-0.39, 0.29) is 12.0 Å². The zero-order valence-corrected chi connectivity index (χ0v) is 13.3. The van der Waals surface area contributed by atoms with Crippen LogP contribution in [0.4, 0.5) is 0 Å². The molecule has 114 valence electrons. The van der Waals surface area contributed by atoms with Gasteiger partial charge in [-0.25, -0.2) is 4.68 Å². The third-order valence-corrected chi connectivity index (χ3v) is 3.22. The van der Waals surface area contributed by atoms with Crippen LogP contribution in [0, 0.1) is 16.7 Å². The van der Waals surface area contributed by atoms with Crippen molar-refractivity contribution in [3.8, 4) is 0 Å². The van der Waals surface area contributed by atoms with Crippen LogP contribution in [0.3, 0.4) is 0 Å². The van der Waals surface area contributed by atoms with Crippen molar-refractivity contribution in [2.45, 2.75) is 60.9 Å². The van der Waals surface area contributed by atoms with Gasteiger partial charge in [0, 0.05) is 6.42 Å². The maximum atomic E-state index is 11.2. The van der Waals surface area contributed by atoms with E-state index in [1.54, 1.807) is 18.5 Å². The number of rotatable bonds is 6. The first-order valence-electron chi connectivity index (χ1n) is 7.00. The molecule has 0 spiro atoms. The molecular weight excluding hydrogens is 256 g/mol. The number of nitrogens with zero attached hydrogens (tertiary/aromatic N) is 4. The molecule has 1 unspecified atom stereocenters. The van der Waals surface area contributed by atoms with Crippen molar-refractivity contribution in [3.63, 3.8) is 0 Å². The Morgan fingerprint density at radius 1 is 1.30 bits per heavy atom.